The predicted molar refractivity (Wildman–Crippen MR) is 64.0 cm³/mol. The third kappa shape index (κ3) is 3.36. The van der Waals surface area contributed by atoms with E-state index >= 15 is 0 Å². The van der Waals surface area contributed by atoms with Crippen molar-refractivity contribution in [2.24, 2.45) is 0 Å². The monoisotopic (exact) mass is 243 g/mol. The molecule has 0 spiro atoms. The lowest BCUT2D eigenvalue weighted by atomic mass is 10.3. The lowest BCUT2D eigenvalue weighted by Gasteiger charge is -2.08. The number of likely N-dealkylation sites (N-methyl/N-ethyl adjacent to an activating group) is 1. The summed E-state index contributed by atoms with van der Waals surface area (Å²) in [5, 5.41) is 3.09. The minimum Gasteiger partial charge on any atom is -0.313 e. The summed E-state index contributed by atoms with van der Waals surface area (Å²) < 4.78 is 1.32. The molecule has 0 unspecified atom stereocenters. The van der Waals surface area contributed by atoms with Gasteiger partial charge in [0.1, 0.15) is 5.02 Å². The van der Waals surface area contributed by atoms with Crippen LogP contribution >= 0.6 is 11.6 Å². The Morgan fingerprint density at radius 1 is 1.62 bits per heavy atom. The molecule has 0 aromatic carbocycles. The Hall–Kier alpha value is -1.33. The van der Waals surface area contributed by atoms with Gasteiger partial charge in [-0.2, -0.15) is 0 Å². The number of aromatic amines is 1. The number of rotatable bonds is 5. The van der Waals surface area contributed by atoms with E-state index in [2.05, 4.69) is 16.9 Å². The minimum absolute atomic E-state index is 0.00384. The fraction of sp³-hybridized carbons (Fsp3) is 0.400. The molecule has 5 nitrogen and oxygen atoms in total. The second-order valence-electron chi connectivity index (χ2n) is 3.39. The van der Waals surface area contributed by atoms with Crippen LogP contribution in [-0.4, -0.2) is 22.6 Å². The zero-order valence-electron chi connectivity index (χ0n) is 9.05. The van der Waals surface area contributed by atoms with Crippen molar-refractivity contribution in [3.8, 4) is 0 Å². The molecule has 1 aromatic rings. The van der Waals surface area contributed by atoms with Crippen LogP contribution in [0.2, 0.25) is 5.02 Å². The molecular formula is C10H14ClN3O2. The molecule has 16 heavy (non-hydrogen) atoms. The molecule has 88 valence electrons. The second kappa shape index (κ2) is 5.67. The van der Waals surface area contributed by atoms with Crippen molar-refractivity contribution in [1.82, 2.24) is 14.9 Å². The number of aromatic nitrogens is 2. The molecule has 0 saturated carbocycles. The average Bonchev–Trinajstić information content (AvgIpc) is 2.23. The normalized spacial score (nSPS) is 10.4. The van der Waals surface area contributed by atoms with Crippen LogP contribution in [0, 0.1) is 0 Å². The Labute approximate surface area is 97.8 Å². The van der Waals surface area contributed by atoms with Gasteiger partial charge in [-0.25, -0.2) is 4.79 Å². The van der Waals surface area contributed by atoms with Gasteiger partial charge in [0.15, 0.2) is 0 Å². The fourth-order valence-corrected chi connectivity index (χ4v) is 1.36. The highest BCUT2D eigenvalue weighted by atomic mass is 35.5. The lowest BCUT2D eigenvalue weighted by molar-refractivity contribution is 0.669. The first-order valence-electron chi connectivity index (χ1n) is 4.91. The van der Waals surface area contributed by atoms with Gasteiger partial charge < -0.3 is 5.32 Å². The van der Waals surface area contributed by atoms with Crippen molar-refractivity contribution in [2.45, 2.75) is 13.5 Å². The summed E-state index contributed by atoms with van der Waals surface area (Å²) in [6.45, 7) is 7.60. The average molecular weight is 244 g/mol. The molecule has 0 aliphatic rings. The van der Waals surface area contributed by atoms with Crippen LogP contribution in [-0.2, 0) is 6.54 Å². The molecule has 1 aromatic heterocycles. The third-order valence-electron chi connectivity index (χ3n) is 1.99. The Bertz CT molecular complexity index is 490. The SMILES string of the molecule is C=C(CNCC)Cn1cc(Cl)c(=O)[nH]c1=O. The van der Waals surface area contributed by atoms with Crippen LogP contribution in [0.25, 0.3) is 0 Å². The van der Waals surface area contributed by atoms with E-state index in [0.717, 1.165) is 12.1 Å². The molecular weight excluding hydrogens is 230 g/mol. The predicted octanol–water partition coefficient (Wildman–Crippen LogP) is 0.356. The number of halogens is 1. The Kier molecular flexibility index (Phi) is 4.52. The van der Waals surface area contributed by atoms with Crippen molar-refractivity contribution in [2.75, 3.05) is 13.1 Å². The van der Waals surface area contributed by atoms with Gasteiger partial charge in [-0.1, -0.05) is 25.1 Å². The molecule has 0 amide bonds. The Morgan fingerprint density at radius 2 is 2.31 bits per heavy atom. The van der Waals surface area contributed by atoms with Gasteiger partial charge in [0, 0.05) is 19.3 Å². The maximum Gasteiger partial charge on any atom is 0.328 e. The smallest absolute Gasteiger partial charge is 0.313 e. The fourth-order valence-electron chi connectivity index (χ4n) is 1.20. The standard InChI is InChI=1S/C10H14ClN3O2/c1-3-12-4-7(2)5-14-6-8(11)9(15)13-10(14)16/h6,12H,2-5H2,1H3,(H,13,15,16). The summed E-state index contributed by atoms with van der Waals surface area (Å²) in [7, 11) is 0. The van der Waals surface area contributed by atoms with Crippen LogP contribution in [0.4, 0.5) is 0 Å². The van der Waals surface area contributed by atoms with E-state index in [1.807, 2.05) is 6.92 Å². The van der Waals surface area contributed by atoms with E-state index in [1.54, 1.807) is 0 Å². The van der Waals surface area contributed by atoms with Crippen molar-refractivity contribution >= 4 is 11.6 Å². The Morgan fingerprint density at radius 3 is 2.94 bits per heavy atom. The van der Waals surface area contributed by atoms with Crippen molar-refractivity contribution < 1.29 is 0 Å². The molecule has 2 N–H and O–H groups in total. The molecule has 6 heteroatoms. The first kappa shape index (κ1) is 12.7. The van der Waals surface area contributed by atoms with E-state index in [-0.39, 0.29) is 5.02 Å². The van der Waals surface area contributed by atoms with Gasteiger partial charge >= 0.3 is 5.69 Å². The summed E-state index contributed by atoms with van der Waals surface area (Å²) in [6.07, 6.45) is 1.32. The number of nitrogens with one attached hydrogen (secondary N) is 2. The van der Waals surface area contributed by atoms with Gasteiger partial charge in [-0.3, -0.25) is 14.3 Å². The van der Waals surface area contributed by atoms with Crippen LogP contribution < -0.4 is 16.6 Å². The number of hydrogen-bond donors (Lipinski definition) is 2. The summed E-state index contributed by atoms with van der Waals surface area (Å²) in [5.74, 6) is 0. The first-order chi connectivity index (χ1) is 7.54. The molecule has 0 atom stereocenters. The van der Waals surface area contributed by atoms with Gasteiger partial charge in [0.2, 0.25) is 0 Å². The highest BCUT2D eigenvalue weighted by Gasteiger charge is 2.03. The third-order valence-corrected chi connectivity index (χ3v) is 2.26. The highest BCUT2D eigenvalue weighted by Crippen LogP contribution is 1.98. The van der Waals surface area contributed by atoms with Gasteiger partial charge in [0.25, 0.3) is 5.56 Å². The Balaban J connectivity index is 2.82. The van der Waals surface area contributed by atoms with E-state index < -0.39 is 11.2 Å². The van der Waals surface area contributed by atoms with Crippen molar-refractivity contribution in [3.05, 3.63) is 44.2 Å². The van der Waals surface area contributed by atoms with Crippen LogP contribution in [0.3, 0.4) is 0 Å². The van der Waals surface area contributed by atoms with Gasteiger partial charge in [0.05, 0.1) is 0 Å². The van der Waals surface area contributed by atoms with Gasteiger partial charge in [-0.15, -0.1) is 0 Å². The van der Waals surface area contributed by atoms with Crippen molar-refractivity contribution in [3.63, 3.8) is 0 Å². The molecule has 0 fully saturated rings. The van der Waals surface area contributed by atoms with E-state index in [0.29, 0.717) is 13.1 Å². The van der Waals surface area contributed by atoms with Crippen LogP contribution in [0.1, 0.15) is 6.92 Å². The quantitative estimate of drug-likeness (QED) is 0.734. The largest absolute Gasteiger partial charge is 0.328 e. The van der Waals surface area contributed by atoms with Gasteiger partial charge in [-0.05, 0) is 12.1 Å². The topological polar surface area (TPSA) is 66.9 Å². The number of H-pyrrole nitrogens is 1. The molecule has 0 bridgehead atoms. The summed E-state index contributed by atoms with van der Waals surface area (Å²) in [6, 6.07) is 0. The highest BCUT2D eigenvalue weighted by molar-refractivity contribution is 6.30. The van der Waals surface area contributed by atoms with Crippen molar-refractivity contribution in [1.29, 1.82) is 0 Å². The zero-order chi connectivity index (χ0) is 12.1. The molecule has 0 radical (unpaired) electrons. The zero-order valence-corrected chi connectivity index (χ0v) is 9.80. The van der Waals surface area contributed by atoms with Crippen LogP contribution in [0.15, 0.2) is 27.9 Å². The number of nitrogens with zero attached hydrogens (tertiary/aromatic N) is 1. The minimum atomic E-state index is -0.569. The molecule has 0 aliphatic carbocycles. The first-order valence-corrected chi connectivity index (χ1v) is 5.29. The lowest BCUT2D eigenvalue weighted by Crippen LogP contribution is -2.31. The molecule has 1 heterocycles. The molecule has 1 rings (SSSR count). The second-order valence-corrected chi connectivity index (χ2v) is 3.80. The molecule has 0 aliphatic heterocycles. The van der Waals surface area contributed by atoms with Crippen LogP contribution in [0.5, 0.6) is 0 Å². The maximum absolute atomic E-state index is 11.4. The molecule has 0 saturated heterocycles. The van der Waals surface area contributed by atoms with E-state index in [4.69, 9.17) is 11.6 Å². The summed E-state index contributed by atoms with van der Waals surface area (Å²) in [4.78, 5) is 24.5. The summed E-state index contributed by atoms with van der Waals surface area (Å²) in [5.41, 5.74) is -0.209. The van der Waals surface area contributed by atoms with E-state index in [9.17, 15) is 9.59 Å². The summed E-state index contributed by atoms with van der Waals surface area (Å²) >= 11 is 5.62. The maximum atomic E-state index is 11.4. The number of hydrogen-bond acceptors (Lipinski definition) is 3. The van der Waals surface area contributed by atoms with E-state index in [1.165, 1.54) is 10.8 Å².